The van der Waals surface area contributed by atoms with Gasteiger partial charge in [-0.15, -0.1) is 0 Å². The van der Waals surface area contributed by atoms with Crippen LogP contribution in [-0.2, 0) is 0 Å². The number of nitrogens with zero attached hydrogens (tertiary/aromatic N) is 2. The van der Waals surface area contributed by atoms with Crippen LogP contribution in [0.5, 0.6) is 0 Å². The Morgan fingerprint density at radius 1 is 1.15 bits per heavy atom. The minimum Gasteiger partial charge on any atom is -0.369 e. The third-order valence-corrected chi connectivity index (χ3v) is 3.98. The minimum absolute atomic E-state index is 0.0436. The van der Waals surface area contributed by atoms with E-state index in [0.29, 0.717) is 15.5 Å². The average Bonchev–Trinajstić information content (AvgIpc) is 2.64. The summed E-state index contributed by atoms with van der Waals surface area (Å²) < 4.78 is 30.7. The second-order valence-electron chi connectivity index (χ2n) is 4.16. The number of fused-ring (bicyclic) bond motifs is 1. The Balaban J connectivity index is 2.38. The molecule has 20 heavy (non-hydrogen) atoms. The van der Waals surface area contributed by atoms with E-state index in [2.05, 4.69) is 43.5 Å². The Morgan fingerprint density at radius 3 is 2.45 bits per heavy atom. The van der Waals surface area contributed by atoms with Crippen LogP contribution in [0.1, 0.15) is 0 Å². The molecule has 0 aliphatic heterocycles. The van der Waals surface area contributed by atoms with Crippen LogP contribution in [0.25, 0.3) is 16.7 Å². The molecule has 102 valence electrons. The summed E-state index contributed by atoms with van der Waals surface area (Å²) in [4.78, 5) is 4.15. The van der Waals surface area contributed by atoms with Gasteiger partial charge in [0, 0.05) is 8.04 Å². The van der Waals surface area contributed by atoms with Crippen LogP contribution in [0.15, 0.2) is 34.8 Å². The Bertz CT molecular complexity index is 809. The fourth-order valence-corrected chi connectivity index (χ4v) is 2.93. The number of nitrogens with two attached hydrogens (primary N) is 1. The summed E-state index contributed by atoms with van der Waals surface area (Å²) in [6.45, 7) is 0. The summed E-state index contributed by atoms with van der Waals surface area (Å²) in [6, 6.07) is 7.75. The number of hydrogen-bond acceptors (Lipinski definition) is 2. The standard InChI is InChI=1S/C13H7BrF2IN3/c14-6-3-8(15)12(9(16)4-6)20-11-2-1-7(17)5-10(11)19-13(20)18/h1-5H,(H2,18,19). The van der Waals surface area contributed by atoms with Crippen molar-refractivity contribution in [1.82, 2.24) is 9.55 Å². The third-order valence-electron chi connectivity index (χ3n) is 2.85. The molecule has 3 nitrogen and oxygen atoms in total. The van der Waals surface area contributed by atoms with Gasteiger partial charge in [0.2, 0.25) is 5.95 Å². The van der Waals surface area contributed by atoms with E-state index in [1.54, 1.807) is 12.1 Å². The number of anilines is 1. The lowest BCUT2D eigenvalue weighted by molar-refractivity contribution is 0.570. The van der Waals surface area contributed by atoms with Gasteiger partial charge < -0.3 is 5.73 Å². The molecule has 0 unspecified atom stereocenters. The molecule has 0 saturated carbocycles. The molecule has 0 aliphatic rings. The number of hydrogen-bond donors (Lipinski definition) is 1. The molecule has 0 spiro atoms. The summed E-state index contributed by atoms with van der Waals surface area (Å²) in [5, 5.41) is 0. The van der Waals surface area contributed by atoms with Crippen molar-refractivity contribution in [3.05, 3.63) is 50.0 Å². The van der Waals surface area contributed by atoms with Gasteiger partial charge in [-0.2, -0.15) is 0 Å². The Hall–Kier alpha value is -1.22. The van der Waals surface area contributed by atoms with E-state index in [-0.39, 0.29) is 11.6 Å². The van der Waals surface area contributed by atoms with E-state index in [1.807, 2.05) is 6.07 Å². The van der Waals surface area contributed by atoms with Crippen LogP contribution < -0.4 is 5.73 Å². The topological polar surface area (TPSA) is 43.8 Å². The lowest BCUT2D eigenvalue weighted by Gasteiger charge is -2.09. The van der Waals surface area contributed by atoms with Crippen molar-refractivity contribution in [1.29, 1.82) is 0 Å². The lowest BCUT2D eigenvalue weighted by Crippen LogP contribution is -2.05. The number of benzene rings is 2. The fraction of sp³-hybridized carbons (Fsp3) is 0. The lowest BCUT2D eigenvalue weighted by atomic mass is 10.2. The molecule has 1 heterocycles. The zero-order valence-electron chi connectivity index (χ0n) is 9.87. The zero-order valence-corrected chi connectivity index (χ0v) is 13.6. The first-order chi connectivity index (χ1) is 9.47. The van der Waals surface area contributed by atoms with Crippen LogP contribution in [0.3, 0.4) is 0 Å². The van der Waals surface area contributed by atoms with Crippen LogP contribution in [0.4, 0.5) is 14.7 Å². The van der Waals surface area contributed by atoms with Crippen molar-refractivity contribution < 1.29 is 8.78 Å². The van der Waals surface area contributed by atoms with Crippen molar-refractivity contribution in [2.45, 2.75) is 0 Å². The average molecular weight is 450 g/mol. The molecule has 2 N–H and O–H groups in total. The largest absolute Gasteiger partial charge is 0.369 e. The number of halogens is 4. The van der Waals surface area contributed by atoms with Crippen LogP contribution >= 0.6 is 38.5 Å². The second-order valence-corrected chi connectivity index (χ2v) is 6.32. The maximum atomic E-state index is 14.1. The number of imidazole rings is 1. The van der Waals surface area contributed by atoms with Crippen LogP contribution in [-0.4, -0.2) is 9.55 Å². The molecule has 1 aromatic heterocycles. The van der Waals surface area contributed by atoms with E-state index < -0.39 is 11.6 Å². The smallest absolute Gasteiger partial charge is 0.206 e. The molecule has 0 aliphatic carbocycles. The maximum absolute atomic E-state index is 14.1. The van der Waals surface area contributed by atoms with Gasteiger partial charge in [-0.1, -0.05) is 15.9 Å². The summed E-state index contributed by atoms with van der Waals surface area (Å²) >= 11 is 5.19. The molecule has 0 bridgehead atoms. The van der Waals surface area contributed by atoms with Gasteiger partial charge in [-0.3, -0.25) is 4.57 Å². The van der Waals surface area contributed by atoms with Gasteiger partial charge in [-0.25, -0.2) is 13.8 Å². The third kappa shape index (κ3) is 2.18. The van der Waals surface area contributed by atoms with Crippen molar-refractivity contribution >= 4 is 55.5 Å². The predicted molar refractivity (Wildman–Crippen MR) is 85.8 cm³/mol. The molecular formula is C13H7BrF2IN3. The molecule has 0 fully saturated rings. The second kappa shape index (κ2) is 4.96. The summed E-state index contributed by atoms with van der Waals surface area (Å²) in [6.07, 6.45) is 0. The first kappa shape index (κ1) is 13.7. The molecule has 7 heteroatoms. The van der Waals surface area contributed by atoms with Crippen molar-refractivity contribution in [3.8, 4) is 5.69 Å². The number of nitrogen functional groups attached to an aromatic ring is 1. The predicted octanol–water partition coefficient (Wildman–Crippen LogP) is 4.25. The summed E-state index contributed by atoms with van der Waals surface area (Å²) in [5.74, 6) is -1.37. The molecule has 0 saturated heterocycles. The highest BCUT2D eigenvalue weighted by Crippen LogP contribution is 2.29. The molecule has 3 aromatic rings. The highest BCUT2D eigenvalue weighted by molar-refractivity contribution is 14.1. The van der Waals surface area contributed by atoms with E-state index in [0.717, 1.165) is 3.57 Å². The number of aromatic nitrogens is 2. The SMILES string of the molecule is Nc1nc2cc(I)ccc2n1-c1c(F)cc(Br)cc1F. The van der Waals surface area contributed by atoms with E-state index >= 15 is 0 Å². The van der Waals surface area contributed by atoms with E-state index in [1.165, 1.54) is 16.7 Å². The van der Waals surface area contributed by atoms with Crippen molar-refractivity contribution in [3.63, 3.8) is 0 Å². The zero-order chi connectivity index (χ0) is 14.4. The first-order valence-electron chi connectivity index (χ1n) is 5.56. The molecular weight excluding hydrogens is 443 g/mol. The maximum Gasteiger partial charge on any atom is 0.206 e. The van der Waals surface area contributed by atoms with Crippen LogP contribution in [0.2, 0.25) is 0 Å². The first-order valence-corrected chi connectivity index (χ1v) is 7.43. The molecule has 0 atom stereocenters. The molecule has 0 amide bonds. The van der Waals surface area contributed by atoms with Crippen molar-refractivity contribution in [2.75, 3.05) is 5.73 Å². The molecule has 0 radical (unpaired) electrons. The molecule has 2 aromatic carbocycles. The van der Waals surface area contributed by atoms with Gasteiger partial charge in [0.25, 0.3) is 0 Å². The van der Waals surface area contributed by atoms with E-state index in [9.17, 15) is 8.78 Å². The molecule has 3 rings (SSSR count). The van der Waals surface area contributed by atoms with Crippen LogP contribution in [0, 0.1) is 15.2 Å². The van der Waals surface area contributed by atoms with Gasteiger partial charge in [-0.05, 0) is 52.9 Å². The van der Waals surface area contributed by atoms with Gasteiger partial charge in [0.15, 0.2) is 11.6 Å². The Labute approximate surface area is 135 Å². The van der Waals surface area contributed by atoms with Crippen molar-refractivity contribution in [2.24, 2.45) is 0 Å². The van der Waals surface area contributed by atoms with Gasteiger partial charge in [0.05, 0.1) is 11.0 Å². The van der Waals surface area contributed by atoms with E-state index in [4.69, 9.17) is 5.73 Å². The van der Waals surface area contributed by atoms with Gasteiger partial charge >= 0.3 is 0 Å². The normalized spacial score (nSPS) is 11.2. The minimum atomic E-state index is -0.707. The Morgan fingerprint density at radius 2 is 1.80 bits per heavy atom. The van der Waals surface area contributed by atoms with Gasteiger partial charge in [0.1, 0.15) is 5.69 Å². The monoisotopic (exact) mass is 449 g/mol. The summed E-state index contributed by atoms with van der Waals surface area (Å²) in [7, 11) is 0. The Kier molecular flexibility index (Phi) is 3.41. The summed E-state index contributed by atoms with van der Waals surface area (Å²) in [5.41, 5.74) is 6.74. The fourth-order valence-electron chi connectivity index (χ4n) is 2.06. The quantitative estimate of drug-likeness (QED) is 0.564. The highest BCUT2D eigenvalue weighted by Gasteiger charge is 2.18. The highest BCUT2D eigenvalue weighted by atomic mass is 127. The number of rotatable bonds is 1.